The molecule has 1 N–H and O–H groups in total. The molecule has 0 aliphatic heterocycles. The minimum absolute atomic E-state index is 0.325. The standard InChI is InChI=1S/C20H15F2N5OS/c1-2-17-16(11-23-27(17)15-9-7-14(22)8-10-15)19(28)25-20-24-18(26-29-20)12-3-5-13(21)6-4-12/h3-11H,2H2,1H3,(H,24,25,26,28). The number of hydrogen-bond acceptors (Lipinski definition) is 5. The highest BCUT2D eigenvalue weighted by molar-refractivity contribution is 7.10. The number of nitrogens with zero attached hydrogens (tertiary/aromatic N) is 4. The summed E-state index contributed by atoms with van der Waals surface area (Å²) in [7, 11) is 0. The van der Waals surface area contributed by atoms with Gasteiger partial charge in [-0.3, -0.25) is 10.1 Å². The summed E-state index contributed by atoms with van der Waals surface area (Å²) in [6.07, 6.45) is 2.02. The first-order valence-electron chi connectivity index (χ1n) is 8.79. The molecule has 4 aromatic rings. The van der Waals surface area contributed by atoms with Gasteiger partial charge in [0.05, 0.1) is 23.1 Å². The number of aromatic nitrogens is 4. The third kappa shape index (κ3) is 3.90. The summed E-state index contributed by atoms with van der Waals surface area (Å²) in [6, 6.07) is 11.7. The van der Waals surface area contributed by atoms with Crippen molar-refractivity contribution in [3.05, 3.63) is 77.6 Å². The van der Waals surface area contributed by atoms with Crippen LogP contribution in [0, 0.1) is 11.6 Å². The van der Waals surface area contributed by atoms with Crippen molar-refractivity contribution in [3.63, 3.8) is 0 Å². The lowest BCUT2D eigenvalue weighted by atomic mass is 10.2. The smallest absolute Gasteiger partial charge is 0.260 e. The average Bonchev–Trinajstić information content (AvgIpc) is 3.36. The average molecular weight is 411 g/mol. The van der Waals surface area contributed by atoms with Crippen LogP contribution >= 0.6 is 11.5 Å². The number of amides is 1. The first-order valence-corrected chi connectivity index (χ1v) is 9.56. The van der Waals surface area contributed by atoms with Gasteiger partial charge in [0.25, 0.3) is 5.91 Å². The highest BCUT2D eigenvalue weighted by Crippen LogP contribution is 2.23. The second-order valence-corrected chi connectivity index (χ2v) is 6.88. The van der Waals surface area contributed by atoms with Crippen molar-refractivity contribution >= 4 is 22.6 Å². The monoisotopic (exact) mass is 411 g/mol. The van der Waals surface area contributed by atoms with Crippen LogP contribution in [-0.4, -0.2) is 25.0 Å². The molecular weight excluding hydrogens is 396 g/mol. The second kappa shape index (κ2) is 7.88. The molecule has 146 valence electrons. The Morgan fingerprint density at radius 3 is 2.38 bits per heavy atom. The largest absolute Gasteiger partial charge is 0.296 e. The Morgan fingerprint density at radius 2 is 1.72 bits per heavy atom. The normalized spacial score (nSPS) is 10.9. The first-order chi connectivity index (χ1) is 14.0. The first kappa shape index (κ1) is 18.9. The molecule has 0 aliphatic rings. The number of rotatable bonds is 5. The molecule has 0 radical (unpaired) electrons. The molecule has 2 heterocycles. The van der Waals surface area contributed by atoms with Crippen LogP contribution in [0.4, 0.5) is 13.9 Å². The fourth-order valence-electron chi connectivity index (χ4n) is 2.86. The van der Waals surface area contributed by atoms with Gasteiger partial charge in [0.2, 0.25) is 5.13 Å². The van der Waals surface area contributed by atoms with Crippen LogP contribution in [0.1, 0.15) is 23.0 Å². The summed E-state index contributed by atoms with van der Waals surface area (Å²) in [5, 5.41) is 7.33. The van der Waals surface area contributed by atoms with Crippen LogP contribution < -0.4 is 5.32 Å². The lowest BCUT2D eigenvalue weighted by Crippen LogP contribution is -2.14. The van der Waals surface area contributed by atoms with Crippen molar-refractivity contribution in [2.45, 2.75) is 13.3 Å². The summed E-state index contributed by atoms with van der Waals surface area (Å²) in [6.45, 7) is 1.91. The van der Waals surface area contributed by atoms with E-state index in [0.29, 0.717) is 39.9 Å². The minimum atomic E-state index is -0.364. The van der Waals surface area contributed by atoms with E-state index in [4.69, 9.17) is 0 Å². The fourth-order valence-corrected chi connectivity index (χ4v) is 3.45. The molecule has 0 spiro atoms. The molecule has 2 aromatic heterocycles. The Balaban J connectivity index is 1.56. The van der Waals surface area contributed by atoms with Gasteiger partial charge in [-0.25, -0.2) is 13.5 Å². The minimum Gasteiger partial charge on any atom is -0.296 e. The molecule has 6 nitrogen and oxygen atoms in total. The van der Waals surface area contributed by atoms with Crippen molar-refractivity contribution in [3.8, 4) is 17.1 Å². The highest BCUT2D eigenvalue weighted by atomic mass is 32.1. The number of halogens is 2. The van der Waals surface area contributed by atoms with Gasteiger partial charge in [-0.2, -0.15) is 14.5 Å². The van der Waals surface area contributed by atoms with Crippen LogP contribution in [0.15, 0.2) is 54.7 Å². The van der Waals surface area contributed by atoms with Gasteiger partial charge in [-0.1, -0.05) is 6.92 Å². The Labute approximate surface area is 169 Å². The molecule has 0 unspecified atom stereocenters. The van der Waals surface area contributed by atoms with E-state index in [-0.39, 0.29) is 17.5 Å². The molecule has 9 heteroatoms. The van der Waals surface area contributed by atoms with Gasteiger partial charge in [-0.05, 0) is 55.0 Å². The van der Waals surface area contributed by atoms with Crippen molar-refractivity contribution in [2.24, 2.45) is 0 Å². The van der Waals surface area contributed by atoms with Gasteiger partial charge in [0, 0.05) is 17.1 Å². The van der Waals surface area contributed by atoms with Gasteiger partial charge in [0.15, 0.2) is 5.82 Å². The predicted molar refractivity (Wildman–Crippen MR) is 106 cm³/mol. The zero-order valence-corrected chi connectivity index (χ0v) is 16.1. The summed E-state index contributed by atoms with van der Waals surface area (Å²) >= 11 is 1.03. The van der Waals surface area contributed by atoms with Gasteiger partial charge < -0.3 is 0 Å². The maximum atomic E-state index is 13.2. The number of carbonyl (C=O) groups is 1. The number of hydrogen-bond donors (Lipinski definition) is 1. The molecule has 0 bridgehead atoms. The van der Waals surface area contributed by atoms with Crippen LogP contribution in [0.3, 0.4) is 0 Å². The molecule has 29 heavy (non-hydrogen) atoms. The summed E-state index contributed by atoms with van der Waals surface area (Å²) < 4.78 is 32.1. The van der Waals surface area contributed by atoms with Crippen molar-refractivity contribution in [1.82, 2.24) is 19.1 Å². The topological polar surface area (TPSA) is 72.7 Å². The van der Waals surface area contributed by atoms with Gasteiger partial charge in [-0.15, -0.1) is 0 Å². The Hall–Kier alpha value is -3.46. The quantitative estimate of drug-likeness (QED) is 0.525. The van der Waals surface area contributed by atoms with Crippen LogP contribution in [-0.2, 0) is 6.42 Å². The van der Waals surface area contributed by atoms with E-state index in [2.05, 4.69) is 19.8 Å². The van der Waals surface area contributed by atoms with E-state index in [1.54, 1.807) is 28.9 Å². The van der Waals surface area contributed by atoms with E-state index in [0.717, 1.165) is 11.5 Å². The lowest BCUT2D eigenvalue weighted by molar-refractivity contribution is 0.102. The molecule has 1 amide bonds. The zero-order chi connectivity index (χ0) is 20.4. The number of anilines is 1. The SMILES string of the molecule is CCc1c(C(=O)Nc2nc(-c3ccc(F)cc3)ns2)cnn1-c1ccc(F)cc1. The second-order valence-electron chi connectivity index (χ2n) is 6.13. The summed E-state index contributed by atoms with van der Waals surface area (Å²) in [5.41, 5.74) is 2.41. The molecule has 4 rings (SSSR count). The van der Waals surface area contributed by atoms with Gasteiger partial charge in [0.1, 0.15) is 11.6 Å². The maximum Gasteiger partial charge on any atom is 0.260 e. The maximum absolute atomic E-state index is 13.2. The third-order valence-electron chi connectivity index (χ3n) is 4.27. The number of carbonyl (C=O) groups excluding carboxylic acids is 1. The molecule has 0 atom stereocenters. The predicted octanol–water partition coefficient (Wildman–Crippen LogP) is 4.48. The van der Waals surface area contributed by atoms with Crippen LogP contribution in [0.2, 0.25) is 0 Å². The molecule has 0 fully saturated rings. The van der Waals surface area contributed by atoms with E-state index in [1.165, 1.54) is 30.5 Å². The molecule has 2 aromatic carbocycles. The van der Waals surface area contributed by atoms with E-state index < -0.39 is 0 Å². The summed E-state index contributed by atoms with van der Waals surface area (Å²) in [5.74, 6) is -0.645. The summed E-state index contributed by atoms with van der Waals surface area (Å²) in [4.78, 5) is 17.0. The van der Waals surface area contributed by atoms with Gasteiger partial charge >= 0.3 is 0 Å². The zero-order valence-electron chi connectivity index (χ0n) is 15.3. The third-order valence-corrected chi connectivity index (χ3v) is 4.90. The molecule has 0 saturated heterocycles. The lowest BCUT2D eigenvalue weighted by Gasteiger charge is -2.07. The van der Waals surface area contributed by atoms with E-state index in [9.17, 15) is 13.6 Å². The van der Waals surface area contributed by atoms with E-state index >= 15 is 0 Å². The highest BCUT2D eigenvalue weighted by Gasteiger charge is 2.19. The number of benzene rings is 2. The Kier molecular flexibility index (Phi) is 5.13. The van der Waals surface area contributed by atoms with Crippen molar-refractivity contribution in [2.75, 3.05) is 5.32 Å². The van der Waals surface area contributed by atoms with Crippen molar-refractivity contribution in [1.29, 1.82) is 0 Å². The van der Waals surface area contributed by atoms with Crippen LogP contribution in [0.25, 0.3) is 17.1 Å². The molecule has 0 saturated carbocycles. The molecule has 0 aliphatic carbocycles. The van der Waals surface area contributed by atoms with Crippen molar-refractivity contribution < 1.29 is 13.6 Å². The van der Waals surface area contributed by atoms with Crippen LogP contribution in [0.5, 0.6) is 0 Å². The Morgan fingerprint density at radius 1 is 1.07 bits per heavy atom. The fraction of sp³-hybridized carbons (Fsp3) is 0.100. The number of nitrogens with one attached hydrogen (secondary N) is 1. The van der Waals surface area contributed by atoms with E-state index in [1.807, 2.05) is 6.92 Å². The molecular formula is C20H15F2N5OS. The Bertz CT molecular complexity index is 1150.